The van der Waals surface area contributed by atoms with Gasteiger partial charge in [0, 0.05) is 43.2 Å². The maximum Gasteiger partial charge on any atom is 0.319 e. The van der Waals surface area contributed by atoms with Crippen molar-refractivity contribution in [1.29, 1.82) is 0 Å². The van der Waals surface area contributed by atoms with Gasteiger partial charge in [0.2, 0.25) is 5.88 Å². The second-order valence-corrected chi connectivity index (χ2v) is 10.8. The summed E-state index contributed by atoms with van der Waals surface area (Å²) in [5.41, 5.74) is -0.241. The van der Waals surface area contributed by atoms with Crippen LogP contribution in [0.4, 0.5) is 14.6 Å². The molecule has 0 amide bonds. The van der Waals surface area contributed by atoms with Gasteiger partial charge in [0.1, 0.15) is 40.6 Å². The predicted octanol–water partition coefficient (Wildman–Crippen LogP) is 4.56. The summed E-state index contributed by atoms with van der Waals surface area (Å²) in [6.45, 7) is 5.43. The van der Waals surface area contributed by atoms with Gasteiger partial charge in [0.25, 0.3) is 0 Å². The number of phenols is 1. The highest BCUT2D eigenvalue weighted by molar-refractivity contribution is 6.04. The van der Waals surface area contributed by atoms with E-state index in [0.29, 0.717) is 29.7 Å². The van der Waals surface area contributed by atoms with Crippen LogP contribution in [0, 0.1) is 24.0 Å². The maximum absolute atomic E-state index is 16.8. The Morgan fingerprint density at radius 2 is 1.86 bits per heavy atom. The number of pyridine rings is 1. The third kappa shape index (κ3) is 5.01. The monoisotopic (exact) mass is 575 g/mol. The molecule has 2 aromatic heterocycles. The fourth-order valence-corrected chi connectivity index (χ4v) is 5.82. The Bertz CT molecular complexity index is 1710. The van der Waals surface area contributed by atoms with Crippen molar-refractivity contribution in [2.45, 2.75) is 44.9 Å². The summed E-state index contributed by atoms with van der Waals surface area (Å²) in [7, 11) is 1.55. The van der Waals surface area contributed by atoms with Crippen LogP contribution in [-0.4, -0.2) is 71.7 Å². The van der Waals surface area contributed by atoms with Crippen LogP contribution < -0.4 is 19.7 Å². The molecule has 9 nitrogen and oxygen atoms in total. The molecular weight excluding hydrogens is 544 g/mol. The molecule has 0 radical (unpaired) electrons. The summed E-state index contributed by atoms with van der Waals surface area (Å²) in [6.07, 6.45) is 7.42. The van der Waals surface area contributed by atoms with Crippen LogP contribution in [-0.2, 0) is 4.74 Å². The van der Waals surface area contributed by atoms with Crippen molar-refractivity contribution in [3.8, 4) is 41.2 Å². The van der Waals surface area contributed by atoms with Crippen molar-refractivity contribution in [1.82, 2.24) is 20.3 Å². The largest absolute Gasteiger partial charge is 0.508 e. The number of aromatic nitrogens is 3. The van der Waals surface area contributed by atoms with E-state index in [2.05, 4.69) is 26.1 Å². The summed E-state index contributed by atoms with van der Waals surface area (Å²) in [5.74, 6) is 1.31. The van der Waals surface area contributed by atoms with Gasteiger partial charge in [-0.2, -0.15) is 9.97 Å². The van der Waals surface area contributed by atoms with E-state index in [1.807, 2.05) is 13.8 Å². The van der Waals surface area contributed by atoms with Crippen LogP contribution in [0.5, 0.6) is 17.6 Å². The van der Waals surface area contributed by atoms with Crippen LogP contribution >= 0.6 is 0 Å². The fourth-order valence-electron chi connectivity index (χ4n) is 5.82. The van der Waals surface area contributed by atoms with Crippen molar-refractivity contribution in [2.24, 2.45) is 0 Å². The van der Waals surface area contributed by atoms with Crippen molar-refractivity contribution < 1.29 is 28.1 Å². The average molecular weight is 576 g/mol. The molecule has 0 aliphatic carbocycles. The van der Waals surface area contributed by atoms with Gasteiger partial charge in [0.15, 0.2) is 5.82 Å². The number of nitrogens with one attached hydrogen (secondary N) is 1. The number of hydrogen-bond acceptors (Lipinski definition) is 9. The molecule has 0 spiro atoms. The molecule has 2 fully saturated rings. The summed E-state index contributed by atoms with van der Waals surface area (Å²) < 4.78 is 48.7. The molecule has 2 aliphatic heterocycles. The van der Waals surface area contributed by atoms with E-state index in [1.165, 1.54) is 24.3 Å². The third-order valence-electron chi connectivity index (χ3n) is 7.55. The number of rotatable bonds is 8. The normalized spacial score (nSPS) is 18.2. The Labute approximate surface area is 241 Å². The second kappa shape index (κ2) is 11.2. The van der Waals surface area contributed by atoms with E-state index >= 15 is 4.39 Å². The van der Waals surface area contributed by atoms with Crippen molar-refractivity contribution in [3.05, 3.63) is 41.5 Å². The smallest absolute Gasteiger partial charge is 0.319 e. The van der Waals surface area contributed by atoms with Gasteiger partial charge < -0.3 is 29.5 Å². The summed E-state index contributed by atoms with van der Waals surface area (Å²) >= 11 is 0. The lowest BCUT2D eigenvalue weighted by Crippen LogP contribution is -2.51. The third-order valence-corrected chi connectivity index (χ3v) is 7.55. The predicted molar refractivity (Wildman–Crippen MR) is 155 cm³/mol. The number of piperazine rings is 1. The standard InChI is InChI=1S/C31H31F2N5O4/c1-5-21-23(32)9-6-17-12-20(39)13-22(24(17)21)27-26(33)28-25(30(35-27)42-16(2)3)29(37-31(36-28)41-11-10-40-4)38-14-18-7-8-19(15-38)34-18/h1,6,9,12-13,16,18-19,34,39H,7-8,10-11,14-15H2,2-4H3. The maximum atomic E-state index is 16.8. The van der Waals surface area contributed by atoms with Gasteiger partial charge in [0.05, 0.1) is 18.3 Å². The van der Waals surface area contributed by atoms with Crippen LogP contribution in [0.2, 0.25) is 0 Å². The number of ether oxygens (including phenoxy) is 3. The first-order valence-electron chi connectivity index (χ1n) is 13.9. The summed E-state index contributed by atoms with van der Waals surface area (Å²) in [4.78, 5) is 15.9. The molecule has 11 heteroatoms. The highest BCUT2D eigenvalue weighted by atomic mass is 19.1. The number of aromatic hydroxyl groups is 1. The molecule has 6 rings (SSSR count). The minimum absolute atomic E-state index is 0.0249. The summed E-state index contributed by atoms with van der Waals surface area (Å²) in [5, 5.41) is 15.1. The van der Waals surface area contributed by atoms with Crippen LogP contribution in [0.3, 0.4) is 0 Å². The highest BCUT2D eigenvalue weighted by Gasteiger charge is 2.35. The first-order chi connectivity index (χ1) is 20.3. The molecule has 2 N–H and O–H groups in total. The molecule has 42 heavy (non-hydrogen) atoms. The average Bonchev–Trinajstić information content (AvgIpc) is 3.30. The molecule has 2 unspecified atom stereocenters. The molecule has 2 aromatic carbocycles. The zero-order valence-electron chi connectivity index (χ0n) is 23.6. The SMILES string of the molecule is C#Cc1c(F)ccc2cc(O)cc(-c3nc(OC(C)C)c4c(N5CC6CCC(C5)N6)nc(OCCOC)nc4c3F)c12. The number of benzene rings is 2. The van der Waals surface area contributed by atoms with Gasteiger partial charge >= 0.3 is 6.01 Å². The van der Waals surface area contributed by atoms with E-state index in [0.717, 1.165) is 12.8 Å². The lowest BCUT2D eigenvalue weighted by atomic mass is 9.95. The quantitative estimate of drug-likeness (QED) is 0.231. The van der Waals surface area contributed by atoms with Crippen LogP contribution in [0.15, 0.2) is 24.3 Å². The molecule has 4 aromatic rings. The molecular formula is C31H31F2N5O4. The second-order valence-electron chi connectivity index (χ2n) is 10.8. The lowest BCUT2D eigenvalue weighted by Gasteiger charge is -2.34. The van der Waals surface area contributed by atoms with Gasteiger partial charge in [-0.1, -0.05) is 12.0 Å². The number of terminal acetylenes is 1. The summed E-state index contributed by atoms with van der Waals surface area (Å²) in [6, 6.07) is 5.95. The minimum atomic E-state index is -0.807. The molecule has 2 aliphatic rings. The zero-order chi connectivity index (χ0) is 29.5. The molecule has 218 valence electrons. The van der Waals surface area contributed by atoms with Crippen molar-refractivity contribution in [3.63, 3.8) is 0 Å². The van der Waals surface area contributed by atoms with Crippen molar-refractivity contribution >= 4 is 27.5 Å². The zero-order valence-corrected chi connectivity index (χ0v) is 23.6. The molecule has 0 saturated carbocycles. The Morgan fingerprint density at radius 1 is 1.10 bits per heavy atom. The lowest BCUT2D eigenvalue weighted by molar-refractivity contribution is 0.141. The first-order valence-corrected chi connectivity index (χ1v) is 13.9. The van der Waals surface area contributed by atoms with Crippen molar-refractivity contribution in [2.75, 3.05) is 38.3 Å². The minimum Gasteiger partial charge on any atom is -0.508 e. The Morgan fingerprint density at radius 3 is 2.55 bits per heavy atom. The molecule has 2 bridgehead atoms. The number of halogens is 2. The number of anilines is 1. The first kappa shape index (κ1) is 27.9. The molecule has 2 saturated heterocycles. The van der Waals surface area contributed by atoms with E-state index in [4.69, 9.17) is 25.6 Å². The number of methoxy groups -OCH3 is 1. The fraction of sp³-hybridized carbons (Fsp3) is 0.387. The topological polar surface area (TPSA) is 102 Å². The Balaban J connectivity index is 1.65. The van der Waals surface area contributed by atoms with Crippen LogP contribution in [0.25, 0.3) is 32.9 Å². The van der Waals surface area contributed by atoms with E-state index in [9.17, 15) is 9.50 Å². The number of phenolic OH excluding ortho intramolecular Hbond substituents is 1. The number of hydrogen-bond donors (Lipinski definition) is 2. The van der Waals surface area contributed by atoms with E-state index in [1.54, 1.807) is 7.11 Å². The number of fused-ring (bicyclic) bond motifs is 4. The molecule has 2 atom stereocenters. The Hall–Kier alpha value is -4.27. The van der Waals surface area contributed by atoms with Gasteiger partial charge in [-0.05, 0) is 50.3 Å². The highest BCUT2D eigenvalue weighted by Crippen LogP contribution is 2.42. The Kier molecular flexibility index (Phi) is 7.43. The van der Waals surface area contributed by atoms with E-state index in [-0.39, 0.29) is 76.8 Å². The van der Waals surface area contributed by atoms with E-state index < -0.39 is 11.6 Å². The van der Waals surface area contributed by atoms with Gasteiger partial charge in [-0.15, -0.1) is 6.42 Å². The van der Waals surface area contributed by atoms with Gasteiger partial charge in [-0.25, -0.2) is 13.8 Å². The van der Waals surface area contributed by atoms with Gasteiger partial charge in [-0.3, -0.25) is 0 Å². The number of nitrogens with zero attached hydrogens (tertiary/aromatic N) is 4. The molecule has 4 heterocycles. The van der Waals surface area contributed by atoms with Crippen LogP contribution in [0.1, 0.15) is 32.3 Å².